The lowest BCUT2D eigenvalue weighted by Gasteiger charge is -2.28. The molecule has 0 saturated heterocycles. The number of hydrogen-bond donors (Lipinski definition) is 0. The van der Waals surface area contributed by atoms with Gasteiger partial charge < -0.3 is 14.1 Å². The first-order valence-corrected chi connectivity index (χ1v) is 16.8. The minimum absolute atomic E-state index is 0.0895. The molecule has 10 rings (SSSR count). The largest absolute Gasteiger partial charge is 0.484 e. The topological polar surface area (TPSA) is 25.6 Å². The van der Waals surface area contributed by atoms with Crippen molar-refractivity contribution in [2.75, 3.05) is 4.90 Å². The van der Waals surface area contributed by atoms with E-state index in [1.165, 1.54) is 27.8 Å². The molecule has 0 fully saturated rings. The minimum atomic E-state index is -0.0895. The van der Waals surface area contributed by atoms with E-state index in [0.29, 0.717) is 0 Å². The number of furan rings is 1. The molecule has 1 aromatic heterocycles. The van der Waals surface area contributed by atoms with Gasteiger partial charge in [0.1, 0.15) is 23.0 Å². The summed E-state index contributed by atoms with van der Waals surface area (Å²) >= 11 is 0. The van der Waals surface area contributed by atoms with E-state index in [4.69, 9.17) is 9.15 Å². The van der Waals surface area contributed by atoms with Gasteiger partial charge >= 0.3 is 0 Å². The third-order valence-corrected chi connectivity index (χ3v) is 10.0. The molecule has 2 aliphatic rings. The Balaban J connectivity index is 1.18. The number of allylic oxidation sites excluding steroid dienone is 2. The lowest BCUT2D eigenvalue weighted by molar-refractivity contribution is 0.281. The van der Waals surface area contributed by atoms with Crippen LogP contribution in [0.3, 0.4) is 0 Å². The molecular formula is C46H31NO2. The maximum atomic E-state index is 6.95. The normalized spacial score (nSPS) is 16.4. The maximum absolute atomic E-state index is 6.95. The molecule has 0 amide bonds. The SMILES string of the molecule is C1=CC2c3cc(N(c4ccc(-c5ccccc5)cc4)c4ccc5oc6ccccc6c5c4)c4ccccc4c3OC2C(c2ccccc2)=C1. The van der Waals surface area contributed by atoms with Crippen LogP contribution in [0, 0.1) is 0 Å². The van der Waals surface area contributed by atoms with Gasteiger partial charge in [-0.2, -0.15) is 0 Å². The predicted molar refractivity (Wildman–Crippen MR) is 202 cm³/mol. The number of anilines is 3. The van der Waals surface area contributed by atoms with Crippen LogP contribution in [0.4, 0.5) is 17.1 Å². The zero-order valence-corrected chi connectivity index (χ0v) is 26.7. The molecule has 0 bridgehead atoms. The van der Waals surface area contributed by atoms with Crippen molar-refractivity contribution in [3.8, 4) is 16.9 Å². The van der Waals surface area contributed by atoms with Crippen molar-refractivity contribution in [2.45, 2.75) is 12.0 Å². The van der Waals surface area contributed by atoms with Gasteiger partial charge in [-0.25, -0.2) is 0 Å². The monoisotopic (exact) mass is 629 g/mol. The molecule has 0 spiro atoms. The van der Waals surface area contributed by atoms with E-state index in [1.54, 1.807) is 0 Å². The molecule has 0 radical (unpaired) electrons. The number of fused-ring (bicyclic) bond motifs is 8. The van der Waals surface area contributed by atoms with Gasteiger partial charge in [-0.3, -0.25) is 0 Å². The molecule has 3 heteroatoms. The van der Waals surface area contributed by atoms with Crippen molar-refractivity contribution in [3.05, 3.63) is 187 Å². The summed E-state index contributed by atoms with van der Waals surface area (Å²) in [5.41, 5.74) is 11.0. The Hall–Kier alpha value is -6.32. The Morgan fingerprint density at radius 3 is 1.92 bits per heavy atom. The lowest BCUT2D eigenvalue weighted by Crippen LogP contribution is -2.21. The Bertz CT molecular complexity index is 2580. The van der Waals surface area contributed by atoms with Gasteiger partial charge in [0.2, 0.25) is 0 Å². The second-order valence-corrected chi connectivity index (χ2v) is 12.8. The first-order chi connectivity index (χ1) is 24.3. The van der Waals surface area contributed by atoms with E-state index < -0.39 is 0 Å². The van der Waals surface area contributed by atoms with Gasteiger partial charge in [0.15, 0.2) is 0 Å². The third kappa shape index (κ3) is 4.51. The maximum Gasteiger partial charge on any atom is 0.135 e. The van der Waals surface area contributed by atoms with Gasteiger partial charge in [-0.05, 0) is 59.2 Å². The smallest absolute Gasteiger partial charge is 0.135 e. The average Bonchev–Trinajstić information content (AvgIpc) is 3.74. The molecule has 232 valence electrons. The van der Waals surface area contributed by atoms with E-state index in [2.05, 4.69) is 169 Å². The van der Waals surface area contributed by atoms with Crippen molar-refractivity contribution >= 4 is 55.3 Å². The van der Waals surface area contributed by atoms with Crippen LogP contribution in [-0.4, -0.2) is 6.10 Å². The summed E-state index contributed by atoms with van der Waals surface area (Å²) in [6.07, 6.45) is 6.60. The summed E-state index contributed by atoms with van der Waals surface area (Å²) in [7, 11) is 0. The van der Waals surface area contributed by atoms with Gasteiger partial charge in [0, 0.05) is 50.0 Å². The molecule has 2 heterocycles. The van der Waals surface area contributed by atoms with Crippen LogP contribution < -0.4 is 9.64 Å². The van der Waals surface area contributed by atoms with Crippen LogP contribution >= 0.6 is 0 Å². The Labute approximate surface area is 284 Å². The highest BCUT2D eigenvalue weighted by molar-refractivity contribution is 6.08. The van der Waals surface area contributed by atoms with Crippen LogP contribution in [0.2, 0.25) is 0 Å². The fraction of sp³-hybridized carbons (Fsp3) is 0.0435. The molecule has 7 aromatic carbocycles. The summed E-state index contributed by atoms with van der Waals surface area (Å²) in [6, 6.07) is 55.9. The number of hydrogen-bond acceptors (Lipinski definition) is 3. The fourth-order valence-electron chi connectivity index (χ4n) is 7.72. The molecular weight excluding hydrogens is 599 g/mol. The highest BCUT2D eigenvalue weighted by Crippen LogP contribution is 2.53. The number of rotatable bonds is 5. The summed E-state index contributed by atoms with van der Waals surface area (Å²) in [5, 5.41) is 4.46. The molecule has 0 N–H and O–H groups in total. The predicted octanol–water partition coefficient (Wildman–Crippen LogP) is 12.4. The standard InChI is InChI=1S/C46H31NO2/c1-3-12-30(13-4-1)31-22-24-33(25-23-31)47(34-26-27-44-40(28-34)37-17-9-10-21-43(37)48-44)42-29-41-39-20-11-19-35(32-14-5-2-6-15-32)45(39)49-46(41)38-18-8-7-16-36(38)42/h1-29,39,45H. The molecule has 0 saturated carbocycles. The Morgan fingerprint density at radius 2 is 1.12 bits per heavy atom. The van der Waals surface area contributed by atoms with Crippen LogP contribution in [0.15, 0.2) is 180 Å². The van der Waals surface area contributed by atoms with E-state index in [-0.39, 0.29) is 12.0 Å². The molecule has 2 unspecified atom stereocenters. The van der Waals surface area contributed by atoms with Crippen molar-refractivity contribution in [1.29, 1.82) is 0 Å². The number of para-hydroxylation sites is 1. The zero-order valence-electron chi connectivity index (χ0n) is 26.7. The minimum Gasteiger partial charge on any atom is -0.484 e. The highest BCUT2D eigenvalue weighted by Gasteiger charge is 2.39. The van der Waals surface area contributed by atoms with E-state index in [9.17, 15) is 0 Å². The fourth-order valence-corrected chi connectivity index (χ4v) is 7.72. The molecule has 49 heavy (non-hydrogen) atoms. The summed E-state index contributed by atoms with van der Waals surface area (Å²) in [5.74, 6) is 1.07. The van der Waals surface area contributed by atoms with Gasteiger partial charge in [-0.1, -0.05) is 133 Å². The van der Waals surface area contributed by atoms with E-state index in [1.807, 2.05) is 12.1 Å². The van der Waals surface area contributed by atoms with Crippen LogP contribution in [0.25, 0.3) is 49.4 Å². The van der Waals surface area contributed by atoms with Crippen molar-refractivity contribution in [3.63, 3.8) is 0 Å². The number of benzene rings is 7. The lowest BCUT2D eigenvalue weighted by atomic mass is 9.83. The summed E-state index contributed by atoms with van der Waals surface area (Å²) < 4.78 is 13.2. The molecule has 3 nitrogen and oxygen atoms in total. The Kier molecular flexibility index (Phi) is 6.31. The Morgan fingerprint density at radius 1 is 0.490 bits per heavy atom. The number of nitrogens with zero attached hydrogens (tertiary/aromatic N) is 1. The van der Waals surface area contributed by atoms with E-state index >= 15 is 0 Å². The highest BCUT2D eigenvalue weighted by atomic mass is 16.5. The van der Waals surface area contributed by atoms with Gasteiger partial charge in [-0.15, -0.1) is 0 Å². The van der Waals surface area contributed by atoms with Crippen LogP contribution in [0.5, 0.6) is 5.75 Å². The number of ether oxygens (including phenoxy) is 1. The van der Waals surface area contributed by atoms with Crippen LogP contribution in [0.1, 0.15) is 17.0 Å². The molecule has 1 aliphatic carbocycles. The quantitative estimate of drug-likeness (QED) is 0.189. The molecule has 2 atom stereocenters. The van der Waals surface area contributed by atoms with Gasteiger partial charge in [0.05, 0.1) is 5.69 Å². The first-order valence-electron chi connectivity index (χ1n) is 16.8. The molecule has 8 aromatic rings. The van der Waals surface area contributed by atoms with Crippen molar-refractivity contribution in [2.24, 2.45) is 0 Å². The van der Waals surface area contributed by atoms with Crippen LogP contribution in [-0.2, 0) is 0 Å². The van der Waals surface area contributed by atoms with Crippen molar-refractivity contribution < 1.29 is 9.15 Å². The zero-order chi connectivity index (χ0) is 32.3. The third-order valence-electron chi connectivity index (χ3n) is 10.0. The van der Waals surface area contributed by atoms with Gasteiger partial charge in [0.25, 0.3) is 0 Å². The van der Waals surface area contributed by atoms with E-state index in [0.717, 1.165) is 55.5 Å². The summed E-state index contributed by atoms with van der Waals surface area (Å²) in [6.45, 7) is 0. The summed E-state index contributed by atoms with van der Waals surface area (Å²) in [4.78, 5) is 2.40. The average molecular weight is 630 g/mol. The van der Waals surface area contributed by atoms with Crippen molar-refractivity contribution in [1.82, 2.24) is 0 Å². The second-order valence-electron chi connectivity index (χ2n) is 12.8. The second kappa shape index (κ2) is 11.1. The first kappa shape index (κ1) is 27.8. The molecule has 1 aliphatic heterocycles.